The van der Waals surface area contributed by atoms with E-state index in [4.69, 9.17) is 0 Å². The van der Waals surface area contributed by atoms with Gasteiger partial charge in [0, 0.05) is 24.7 Å². The van der Waals surface area contributed by atoms with E-state index < -0.39 is 10.0 Å². The Hall–Kier alpha value is -1.44. The van der Waals surface area contributed by atoms with Crippen LogP contribution in [0, 0.1) is 6.92 Å². The van der Waals surface area contributed by atoms with Crippen molar-refractivity contribution in [1.82, 2.24) is 10.0 Å². The van der Waals surface area contributed by atoms with Gasteiger partial charge in [0.2, 0.25) is 15.9 Å². The van der Waals surface area contributed by atoms with Crippen molar-refractivity contribution in [3.8, 4) is 0 Å². The fraction of sp³-hybridized carbons (Fsp3) is 0.533. The van der Waals surface area contributed by atoms with Crippen LogP contribution in [-0.4, -0.2) is 33.0 Å². The Balaban J connectivity index is 2.20. The molecule has 6 nitrogen and oxygen atoms in total. The lowest BCUT2D eigenvalue weighted by Crippen LogP contribution is -2.46. The Labute approximate surface area is 131 Å². The van der Waals surface area contributed by atoms with Crippen molar-refractivity contribution in [2.75, 3.05) is 11.9 Å². The van der Waals surface area contributed by atoms with E-state index in [0.717, 1.165) is 24.9 Å². The predicted molar refractivity (Wildman–Crippen MR) is 86.3 cm³/mol. The first-order valence-electron chi connectivity index (χ1n) is 7.42. The van der Waals surface area contributed by atoms with E-state index >= 15 is 0 Å². The molecule has 1 amide bonds. The minimum absolute atomic E-state index is 0.0632. The van der Waals surface area contributed by atoms with Gasteiger partial charge in [0.1, 0.15) is 0 Å². The predicted octanol–water partition coefficient (Wildman–Crippen LogP) is 1.37. The van der Waals surface area contributed by atoms with Crippen LogP contribution in [0.3, 0.4) is 0 Å². The molecule has 0 aliphatic carbocycles. The number of carbonyl (C=O) groups excluding carboxylic acids is 1. The van der Waals surface area contributed by atoms with Crippen LogP contribution in [0.15, 0.2) is 23.1 Å². The highest BCUT2D eigenvalue weighted by molar-refractivity contribution is 7.89. The summed E-state index contributed by atoms with van der Waals surface area (Å²) in [7, 11) is -3.59. The molecule has 1 fully saturated rings. The third-order valence-electron chi connectivity index (χ3n) is 3.78. The average molecular weight is 325 g/mol. The van der Waals surface area contributed by atoms with E-state index in [0.29, 0.717) is 11.7 Å². The molecule has 1 aliphatic rings. The molecular formula is C15H23N3O3S. The molecule has 1 heterocycles. The minimum Gasteiger partial charge on any atom is -0.326 e. The van der Waals surface area contributed by atoms with Crippen molar-refractivity contribution in [2.24, 2.45) is 0 Å². The molecular weight excluding hydrogens is 302 g/mol. The maximum Gasteiger partial charge on any atom is 0.240 e. The molecule has 0 bridgehead atoms. The molecule has 2 atom stereocenters. The molecule has 0 radical (unpaired) electrons. The summed E-state index contributed by atoms with van der Waals surface area (Å²) in [5.74, 6) is -0.224. The Bertz CT molecular complexity index is 658. The molecule has 1 aromatic rings. The molecule has 7 heteroatoms. The van der Waals surface area contributed by atoms with Gasteiger partial charge in [0.25, 0.3) is 0 Å². The Morgan fingerprint density at radius 1 is 1.36 bits per heavy atom. The second-order valence-electron chi connectivity index (χ2n) is 5.86. The van der Waals surface area contributed by atoms with Gasteiger partial charge < -0.3 is 10.6 Å². The number of piperidine rings is 1. The fourth-order valence-corrected chi connectivity index (χ4v) is 3.93. The normalized spacial score (nSPS) is 22.3. The molecule has 0 aromatic heterocycles. The quantitative estimate of drug-likeness (QED) is 0.780. The zero-order chi connectivity index (χ0) is 16.3. The Morgan fingerprint density at radius 3 is 2.73 bits per heavy atom. The van der Waals surface area contributed by atoms with E-state index in [1.807, 2.05) is 13.8 Å². The molecule has 1 aliphatic heterocycles. The van der Waals surface area contributed by atoms with E-state index in [1.165, 1.54) is 13.0 Å². The van der Waals surface area contributed by atoms with Crippen molar-refractivity contribution in [3.63, 3.8) is 0 Å². The molecule has 1 saturated heterocycles. The van der Waals surface area contributed by atoms with Crippen LogP contribution in [-0.2, 0) is 14.8 Å². The number of nitrogens with one attached hydrogen (secondary N) is 3. The molecule has 2 unspecified atom stereocenters. The molecule has 3 N–H and O–H groups in total. The van der Waals surface area contributed by atoms with Gasteiger partial charge in [0.15, 0.2) is 0 Å². The third-order valence-corrected chi connectivity index (χ3v) is 5.29. The highest BCUT2D eigenvalue weighted by atomic mass is 32.2. The molecule has 0 spiro atoms. The van der Waals surface area contributed by atoms with Crippen molar-refractivity contribution >= 4 is 21.6 Å². The number of hydrogen-bond donors (Lipinski definition) is 3. The zero-order valence-corrected chi connectivity index (χ0v) is 14.0. The van der Waals surface area contributed by atoms with E-state index in [-0.39, 0.29) is 16.8 Å². The van der Waals surface area contributed by atoms with Gasteiger partial charge in [-0.25, -0.2) is 13.1 Å². The second kappa shape index (κ2) is 6.76. The van der Waals surface area contributed by atoms with Gasteiger partial charge in [0.05, 0.1) is 4.90 Å². The number of anilines is 1. The van der Waals surface area contributed by atoms with Gasteiger partial charge in [-0.3, -0.25) is 4.79 Å². The van der Waals surface area contributed by atoms with Crippen LogP contribution < -0.4 is 15.4 Å². The summed E-state index contributed by atoms with van der Waals surface area (Å²) in [4.78, 5) is 11.4. The maximum atomic E-state index is 12.5. The average Bonchev–Trinajstić information content (AvgIpc) is 2.40. The monoisotopic (exact) mass is 325 g/mol. The highest BCUT2D eigenvalue weighted by Crippen LogP contribution is 2.21. The fourth-order valence-electron chi connectivity index (χ4n) is 2.62. The van der Waals surface area contributed by atoms with Crippen molar-refractivity contribution in [3.05, 3.63) is 23.8 Å². The van der Waals surface area contributed by atoms with E-state index in [9.17, 15) is 13.2 Å². The smallest absolute Gasteiger partial charge is 0.240 e. The topological polar surface area (TPSA) is 87.3 Å². The lowest BCUT2D eigenvalue weighted by atomic mass is 10.0. The van der Waals surface area contributed by atoms with E-state index in [2.05, 4.69) is 15.4 Å². The van der Waals surface area contributed by atoms with Crippen LogP contribution in [0.5, 0.6) is 0 Å². The zero-order valence-electron chi connectivity index (χ0n) is 13.1. The summed E-state index contributed by atoms with van der Waals surface area (Å²) in [6.07, 6.45) is 1.54. The van der Waals surface area contributed by atoms with Gasteiger partial charge >= 0.3 is 0 Å². The first-order chi connectivity index (χ1) is 10.3. The number of carbonyl (C=O) groups is 1. The standard InChI is InChI=1S/C15H23N3O3S/c1-10-4-5-14(9-15(10)17-12(3)19)22(20,21)18-13-6-7-16-11(2)8-13/h4-5,9,11,13,16,18H,6-8H2,1-3H3,(H,17,19). The van der Waals surface area contributed by atoms with Crippen LogP contribution in [0.1, 0.15) is 32.3 Å². The first kappa shape index (κ1) is 16.9. The van der Waals surface area contributed by atoms with Crippen LogP contribution in [0.2, 0.25) is 0 Å². The summed E-state index contributed by atoms with van der Waals surface area (Å²) in [6, 6.07) is 5.00. The third kappa shape index (κ3) is 4.28. The summed E-state index contributed by atoms with van der Waals surface area (Å²) in [5, 5.41) is 5.95. The Kier molecular flexibility index (Phi) is 5.20. The molecule has 0 saturated carbocycles. The lowest BCUT2D eigenvalue weighted by Gasteiger charge is -2.28. The van der Waals surface area contributed by atoms with Crippen LogP contribution >= 0.6 is 0 Å². The van der Waals surface area contributed by atoms with Gasteiger partial charge in [-0.15, -0.1) is 0 Å². The summed E-state index contributed by atoms with van der Waals surface area (Å²) in [6.45, 7) is 6.07. The first-order valence-corrected chi connectivity index (χ1v) is 8.90. The summed E-state index contributed by atoms with van der Waals surface area (Å²) in [5.41, 5.74) is 1.35. The molecule has 22 heavy (non-hydrogen) atoms. The molecule has 2 rings (SSSR count). The summed E-state index contributed by atoms with van der Waals surface area (Å²) < 4.78 is 27.8. The highest BCUT2D eigenvalue weighted by Gasteiger charge is 2.24. The number of amides is 1. The number of sulfonamides is 1. The van der Waals surface area contributed by atoms with Crippen molar-refractivity contribution in [2.45, 2.75) is 50.6 Å². The minimum atomic E-state index is -3.59. The Morgan fingerprint density at radius 2 is 2.09 bits per heavy atom. The SMILES string of the molecule is CC(=O)Nc1cc(S(=O)(=O)NC2CCNC(C)C2)ccc1C. The van der Waals surface area contributed by atoms with Crippen LogP contribution in [0.4, 0.5) is 5.69 Å². The lowest BCUT2D eigenvalue weighted by molar-refractivity contribution is -0.114. The summed E-state index contributed by atoms with van der Waals surface area (Å²) >= 11 is 0. The second-order valence-corrected chi connectivity index (χ2v) is 7.57. The number of benzene rings is 1. The molecule has 122 valence electrons. The van der Waals surface area contributed by atoms with Crippen molar-refractivity contribution < 1.29 is 13.2 Å². The maximum absolute atomic E-state index is 12.5. The number of aryl methyl sites for hydroxylation is 1. The molecule has 1 aromatic carbocycles. The number of rotatable bonds is 4. The van der Waals surface area contributed by atoms with E-state index in [1.54, 1.807) is 12.1 Å². The van der Waals surface area contributed by atoms with Gasteiger partial charge in [-0.05, 0) is 50.9 Å². The van der Waals surface area contributed by atoms with Crippen molar-refractivity contribution in [1.29, 1.82) is 0 Å². The number of hydrogen-bond acceptors (Lipinski definition) is 4. The van der Waals surface area contributed by atoms with Gasteiger partial charge in [-0.2, -0.15) is 0 Å². The largest absolute Gasteiger partial charge is 0.326 e. The van der Waals surface area contributed by atoms with Crippen LogP contribution in [0.25, 0.3) is 0 Å². The van der Waals surface area contributed by atoms with Gasteiger partial charge in [-0.1, -0.05) is 6.07 Å².